The van der Waals surface area contributed by atoms with Crippen LogP contribution >= 0.6 is 15.9 Å². The monoisotopic (exact) mass is 338 g/mol. The third-order valence-corrected chi connectivity index (χ3v) is 3.29. The van der Waals surface area contributed by atoms with Gasteiger partial charge < -0.3 is 10.2 Å². The maximum absolute atomic E-state index is 12.5. The van der Waals surface area contributed by atoms with Crippen molar-refractivity contribution in [2.24, 2.45) is 0 Å². The Morgan fingerprint density at radius 2 is 2.00 bits per heavy atom. The van der Waals surface area contributed by atoms with Gasteiger partial charge in [-0.3, -0.25) is 0 Å². The molecule has 0 heterocycles. The molecule has 1 aromatic carbocycles. The molecule has 6 heteroatoms. The lowest BCUT2D eigenvalue weighted by Crippen LogP contribution is -2.32. The van der Waals surface area contributed by atoms with Crippen LogP contribution in [0.25, 0.3) is 0 Å². The van der Waals surface area contributed by atoms with E-state index in [-0.39, 0.29) is 6.04 Å². The number of halogens is 4. The van der Waals surface area contributed by atoms with Crippen molar-refractivity contribution in [2.75, 3.05) is 25.0 Å². The van der Waals surface area contributed by atoms with Crippen molar-refractivity contribution in [3.63, 3.8) is 0 Å². The Kier molecular flexibility index (Phi) is 5.67. The fraction of sp³-hybridized carbons (Fsp3) is 0.538. The van der Waals surface area contributed by atoms with Gasteiger partial charge in [0.1, 0.15) is 6.54 Å². The summed E-state index contributed by atoms with van der Waals surface area (Å²) < 4.78 is 38.3. The minimum Gasteiger partial charge on any atom is -0.365 e. The molecule has 0 bridgehead atoms. The highest BCUT2D eigenvalue weighted by atomic mass is 79.9. The third kappa shape index (κ3) is 5.03. The summed E-state index contributed by atoms with van der Waals surface area (Å²) in [5.41, 5.74) is 1.44. The third-order valence-electron chi connectivity index (χ3n) is 2.79. The van der Waals surface area contributed by atoms with E-state index in [1.165, 1.54) is 11.9 Å². The lowest BCUT2D eigenvalue weighted by Gasteiger charge is -2.26. The van der Waals surface area contributed by atoms with Crippen molar-refractivity contribution in [3.8, 4) is 0 Å². The van der Waals surface area contributed by atoms with Crippen LogP contribution in [-0.2, 0) is 0 Å². The first-order valence-electron chi connectivity index (χ1n) is 6.05. The van der Waals surface area contributed by atoms with Gasteiger partial charge in [0, 0.05) is 23.2 Å². The van der Waals surface area contributed by atoms with Gasteiger partial charge in [-0.05, 0) is 37.2 Å². The van der Waals surface area contributed by atoms with Gasteiger partial charge in [0.25, 0.3) is 0 Å². The van der Waals surface area contributed by atoms with Crippen LogP contribution in [0.2, 0.25) is 0 Å². The zero-order chi connectivity index (χ0) is 14.6. The van der Waals surface area contributed by atoms with Gasteiger partial charge in [-0.15, -0.1) is 0 Å². The van der Waals surface area contributed by atoms with E-state index in [9.17, 15) is 13.2 Å². The quantitative estimate of drug-likeness (QED) is 0.868. The first-order chi connectivity index (χ1) is 8.74. The summed E-state index contributed by atoms with van der Waals surface area (Å²) in [5, 5.41) is 3.22. The van der Waals surface area contributed by atoms with Crippen LogP contribution in [0, 0.1) is 0 Å². The number of alkyl halides is 3. The van der Waals surface area contributed by atoms with Crippen molar-refractivity contribution in [2.45, 2.75) is 26.1 Å². The molecule has 0 fully saturated rings. The highest BCUT2D eigenvalue weighted by Crippen LogP contribution is 2.30. The summed E-state index contributed by atoms with van der Waals surface area (Å²) in [5.74, 6) is 0. The Bertz CT molecular complexity index is 421. The predicted octanol–water partition coefficient (Wildman–Crippen LogP) is 4.12. The summed E-state index contributed by atoms with van der Waals surface area (Å²) in [6, 6.07) is 5.31. The molecule has 1 rings (SSSR count). The first kappa shape index (κ1) is 16.3. The Hall–Kier alpha value is -0.750. The molecule has 1 aromatic rings. The van der Waals surface area contributed by atoms with Gasteiger partial charge in [-0.1, -0.05) is 22.9 Å². The number of anilines is 1. The number of hydrogen-bond donors (Lipinski definition) is 1. The van der Waals surface area contributed by atoms with E-state index in [4.69, 9.17) is 0 Å². The van der Waals surface area contributed by atoms with Crippen LogP contribution in [0.3, 0.4) is 0 Å². The number of hydrogen-bond acceptors (Lipinski definition) is 2. The summed E-state index contributed by atoms with van der Waals surface area (Å²) in [6.07, 6.45) is -4.21. The largest absolute Gasteiger partial charge is 0.405 e. The molecule has 0 saturated heterocycles. The molecule has 1 atom stereocenters. The summed E-state index contributed by atoms with van der Waals surface area (Å²) in [4.78, 5) is 1.23. The van der Waals surface area contributed by atoms with Gasteiger partial charge in [0.15, 0.2) is 0 Å². The molecule has 0 saturated carbocycles. The van der Waals surface area contributed by atoms with Crippen LogP contribution in [0.15, 0.2) is 22.7 Å². The molecule has 0 aliphatic heterocycles. The van der Waals surface area contributed by atoms with Crippen molar-refractivity contribution in [1.82, 2.24) is 5.32 Å². The van der Waals surface area contributed by atoms with E-state index in [2.05, 4.69) is 21.2 Å². The highest BCUT2D eigenvalue weighted by Gasteiger charge is 2.30. The van der Waals surface area contributed by atoms with E-state index >= 15 is 0 Å². The minimum absolute atomic E-state index is 0.00631. The Morgan fingerprint density at radius 1 is 1.37 bits per heavy atom. The van der Waals surface area contributed by atoms with Crippen LogP contribution in [-0.4, -0.2) is 26.3 Å². The fourth-order valence-electron chi connectivity index (χ4n) is 1.99. The van der Waals surface area contributed by atoms with Gasteiger partial charge in [0.2, 0.25) is 0 Å². The second kappa shape index (κ2) is 6.61. The molecule has 0 spiro atoms. The molecule has 1 unspecified atom stereocenters. The number of nitrogens with one attached hydrogen (secondary N) is 1. The second-order valence-electron chi connectivity index (χ2n) is 4.45. The van der Waals surface area contributed by atoms with Crippen LogP contribution < -0.4 is 10.2 Å². The van der Waals surface area contributed by atoms with Crippen molar-refractivity contribution in [3.05, 3.63) is 28.2 Å². The first-order valence-corrected chi connectivity index (χ1v) is 6.84. The minimum atomic E-state index is -4.21. The van der Waals surface area contributed by atoms with E-state index < -0.39 is 12.7 Å². The maximum Gasteiger partial charge on any atom is 0.405 e. The second-order valence-corrected chi connectivity index (χ2v) is 5.37. The normalized spacial score (nSPS) is 13.4. The highest BCUT2D eigenvalue weighted by molar-refractivity contribution is 9.10. The zero-order valence-electron chi connectivity index (χ0n) is 11.2. The topological polar surface area (TPSA) is 15.3 Å². The van der Waals surface area contributed by atoms with Crippen molar-refractivity contribution >= 4 is 21.6 Å². The van der Waals surface area contributed by atoms with E-state index in [1.54, 1.807) is 12.1 Å². The van der Waals surface area contributed by atoms with Crippen LogP contribution in [0.1, 0.15) is 25.5 Å². The molecule has 1 N–H and O–H groups in total. The Morgan fingerprint density at radius 3 is 2.53 bits per heavy atom. The fourth-order valence-corrected chi connectivity index (χ4v) is 2.37. The molecule has 19 heavy (non-hydrogen) atoms. The number of benzene rings is 1. The summed E-state index contributed by atoms with van der Waals surface area (Å²) in [6.45, 7) is 3.71. The zero-order valence-corrected chi connectivity index (χ0v) is 12.8. The summed E-state index contributed by atoms with van der Waals surface area (Å²) in [7, 11) is 1.46. The molecule has 108 valence electrons. The smallest absolute Gasteiger partial charge is 0.365 e. The standard InChI is InChI=1S/C13H18BrF3N2/c1-4-18-9(2)11-7-10(14)5-6-12(11)19(3)8-13(15,16)17/h5-7,9,18H,4,8H2,1-3H3. The SMILES string of the molecule is CCNC(C)c1cc(Br)ccc1N(C)CC(F)(F)F. The lowest BCUT2D eigenvalue weighted by molar-refractivity contribution is -0.119. The number of nitrogens with zero attached hydrogens (tertiary/aromatic N) is 1. The molecular weight excluding hydrogens is 321 g/mol. The van der Waals surface area contributed by atoms with Gasteiger partial charge in [-0.2, -0.15) is 13.2 Å². The van der Waals surface area contributed by atoms with Gasteiger partial charge >= 0.3 is 6.18 Å². The Balaban J connectivity index is 3.05. The van der Waals surface area contributed by atoms with Crippen molar-refractivity contribution < 1.29 is 13.2 Å². The van der Waals surface area contributed by atoms with Crippen LogP contribution in [0.4, 0.5) is 18.9 Å². The van der Waals surface area contributed by atoms with E-state index in [1.807, 2.05) is 19.9 Å². The molecule has 2 nitrogen and oxygen atoms in total. The average molecular weight is 339 g/mol. The number of rotatable bonds is 5. The molecular formula is C13H18BrF3N2. The van der Waals surface area contributed by atoms with Gasteiger partial charge in [-0.25, -0.2) is 0 Å². The Labute approximate surface area is 120 Å². The molecule has 0 radical (unpaired) electrons. The van der Waals surface area contributed by atoms with Crippen molar-refractivity contribution in [1.29, 1.82) is 0 Å². The molecule has 0 aliphatic carbocycles. The molecule has 0 amide bonds. The lowest BCUT2D eigenvalue weighted by atomic mass is 10.1. The molecule has 0 aliphatic rings. The van der Waals surface area contributed by atoms with Gasteiger partial charge in [0.05, 0.1) is 0 Å². The summed E-state index contributed by atoms with van der Waals surface area (Å²) >= 11 is 3.36. The maximum atomic E-state index is 12.5. The van der Waals surface area contributed by atoms with Crippen LogP contribution in [0.5, 0.6) is 0 Å². The molecule has 0 aromatic heterocycles. The van der Waals surface area contributed by atoms with E-state index in [0.717, 1.165) is 16.6 Å². The van der Waals surface area contributed by atoms with E-state index in [0.29, 0.717) is 5.69 Å². The average Bonchev–Trinajstić information content (AvgIpc) is 2.26. The predicted molar refractivity (Wildman–Crippen MR) is 75.6 cm³/mol.